The number of methoxy groups -OCH3 is 1. The average molecular weight is 294 g/mol. The van der Waals surface area contributed by atoms with Crippen LogP contribution in [0.5, 0.6) is 5.75 Å². The summed E-state index contributed by atoms with van der Waals surface area (Å²) in [5.74, 6) is 0.647. The van der Waals surface area contributed by atoms with Crippen molar-refractivity contribution in [1.29, 1.82) is 0 Å². The van der Waals surface area contributed by atoms with Gasteiger partial charge in [-0.3, -0.25) is 4.79 Å². The summed E-state index contributed by atoms with van der Waals surface area (Å²) in [6, 6.07) is 7.35. The minimum atomic E-state index is -0.805. The first-order valence-electron chi connectivity index (χ1n) is 7.15. The molecule has 0 aliphatic heterocycles. The van der Waals surface area contributed by atoms with Crippen molar-refractivity contribution in [1.82, 2.24) is 4.90 Å². The number of anilines is 1. The van der Waals surface area contributed by atoms with Crippen molar-refractivity contribution >= 4 is 11.6 Å². The van der Waals surface area contributed by atoms with E-state index in [2.05, 4.69) is 10.2 Å². The number of hydrogen-bond donors (Lipinski definition) is 1. The number of ether oxygens (including phenoxy) is 2. The fourth-order valence-corrected chi connectivity index (χ4v) is 1.64. The predicted octanol–water partition coefficient (Wildman–Crippen LogP) is 2.38. The Hall–Kier alpha value is -1.59. The molecule has 5 nitrogen and oxygen atoms in total. The van der Waals surface area contributed by atoms with Crippen molar-refractivity contribution in [3.05, 3.63) is 24.3 Å². The van der Waals surface area contributed by atoms with E-state index in [-0.39, 0.29) is 5.91 Å². The Morgan fingerprint density at radius 1 is 1.29 bits per heavy atom. The number of carbonyl (C=O) groups is 1. The highest BCUT2D eigenvalue weighted by molar-refractivity contribution is 5.97. The molecule has 1 N–H and O–H groups in total. The molecule has 1 aromatic carbocycles. The van der Waals surface area contributed by atoms with Crippen LogP contribution >= 0.6 is 0 Å². The van der Waals surface area contributed by atoms with E-state index in [4.69, 9.17) is 9.47 Å². The Morgan fingerprint density at radius 2 is 1.90 bits per heavy atom. The van der Waals surface area contributed by atoms with E-state index in [1.807, 2.05) is 45.3 Å². The van der Waals surface area contributed by atoms with E-state index in [1.54, 1.807) is 14.0 Å². The molecule has 1 rings (SSSR count). The molecule has 118 valence electrons. The van der Waals surface area contributed by atoms with Crippen molar-refractivity contribution in [3.8, 4) is 5.75 Å². The van der Waals surface area contributed by atoms with Gasteiger partial charge in [-0.1, -0.05) is 6.92 Å². The van der Waals surface area contributed by atoms with E-state index < -0.39 is 5.60 Å². The molecule has 0 aliphatic carbocycles. The lowest BCUT2D eigenvalue weighted by molar-refractivity contribution is -0.136. The average Bonchev–Trinajstić information content (AvgIpc) is 2.47. The highest BCUT2D eigenvalue weighted by Crippen LogP contribution is 2.20. The maximum absolute atomic E-state index is 12.2. The molecule has 0 saturated carbocycles. The summed E-state index contributed by atoms with van der Waals surface area (Å²) in [4.78, 5) is 14.2. The molecule has 1 atom stereocenters. The molecule has 0 radical (unpaired) electrons. The predicted molar refractivity (Wildman–Crippen MR) is 84.8 cm³/mol. The number of nitrogens with zero attached hydrogens (tertiary/aromatic N) is 1. The monoisotopic (exact) mass is 294 g/mol. The fourth-order valence-electron chi connectivity index (χ4n) is 1.64. The quantitative estimate of drug-likeness (QED) is 0.800. The van der Waals surface area contributed by atoms with Gasteiger partial charge in [-0.25, -0.2) is 0 Å². The maximum atomic E-state index is 12.2. The van der Waals surface area contributed by atoms with Gasteiger partial charge in [-0.15, -0.1) is 0 Å². The molecule has 0 heterocycles. The second-order valence-corrected chi connectivity index (χ2v) is 5.42. The van der Waals surface area contributed by atoms with Crippen molar-refractivity contribution in [3.63, 3.8) is 0 Å². The van der Waals surface area contributed by atoms with Crippen LogP contribution in [0.4, 0.5) is 5.69 Å². The number of hydrogen-bond acceptors (Lipinski definition) is 4. The van der Waals surface area contributed by atoms with Crippen LogP contribution in [0, 0.1) is 0 Å². The van der Waals surface area contributed by atoms with Gasteiger partial charge < -0.3 is 19.7 Å². The molecule has 5 heteroatoms. The topological polar surface area (TPSA) is 50.8 Å². The SMILES string of the molecule is CC[C@](C)(OC)C(=O)Nc1ccc(OCCN(C)C)cc1. The van der Waals surface area contributed by atoms with Gasteiger partial charge in [0.2, 0.25) is 0 Å². The molecule has 0 fully saturated rings. The summed E-state index contributed by atoms with van der Waals surface area (Å²) in [6.07, 6.45) is 0.612. The number of benzene rings is 1. The van der Waals surface area contributed by atoms with Gasteiger partial charge >= 0.3 is 0 Å². The van der Waals surface area contributed by atoms with Crippen molar-refractivity contribution in [2.24, 2.45) is 0 Å². The third-order valence-corrected chi connectivity index (χ3v) is 3.52. The van der Waals surface area contributed by atoms with Crippen LogP contribution in [0.1, 0.15) is 20.3 Å². The van der Waals surface area contributed by atoms with Crippen molar-refractivity contribution in [2.45, 2.75) is 25.9 Å². The first kappa shape index (κ1) is 17.5. The lowest BCUT2D eigenvalue weighted by Gasteiger charge is -2.25. The lowest BCUT2D eigenvalue weighted by Crippen LogP contribution is -2.41. The number of carbonyl (C=O) groups excluding carboxylic acids is 1. The van der Waals surface area contributed by atoms with Crippen LogP contribution in [0.2, 0.25) is 0 Å². The van der Waals surface area contributed by atoms with Crippen molar-refractivity contribution in [2.75, 3.05) is 39.7 Å². The van der Waals surface area contributed by atoms with Gasteiger partial charge in [0.05, 0.1) is 0 Å². The molecule has 0 spiro atoms. The largest absolute Gasteiger partial charge is 0.492 e. The Balaban J connectivity index is 2.56. The zero-order valence-corrected chi connectivity index (χ0v) is 13.6. The Kier molecular flexibility index (Phi) is 6.65. The molecule has 0 unspecified atom stereocenters. The van der Waals surface area contributed by atoms with E-state index in [0.29, 0.717) is 13.0 Å². The molecule has 1 amide bonds. The summed E-state index contributed by atoms with van der Waals surface area (Å²) in [5, 5.41) is 2.86. The molecular weight excluding hydrogens is 268 g/mol. The van der Waals surface area contributed by atoms with Gasteiger partial charge in [0.15, 0.2) is 0 Å². The normalized spacial score (nSPS) is 13.8. The lowest BCUT2D eigenvalue weighted by atomic mass is 10.0. The summed E-state index contributed by atoms with van der Waals surface area (Å²) >= 11 is 0. The highest BCUT2D eigenvalue weighted by atomic mass is 16.5. The van der Waals surface area contributed by atoms with Gasteiger partial charge in [-0.2, -0.15) is 0 Å². The molecule has 0 saturated heterocycles. The van der Waals surface area contributed by atoms with Crippen LogP contribution in [0.15, 0.2) is 24.3 Å². The van der Waals surface area contributed by atoms with Gasteiger partial charge in [0, 0.05) is 19.3 Å². The van der Waals surface area contributed by atoms with E-state index in [1.165, 1.54) is 0 Å². The van der Waals surface area contributed by atoms with Crippen LogP contribution in [-0.4, -0.2) is 50.8 Å². The number of likely N-dealkylation sites (N-methyl/N-ethyl adjacent to an activating group) is 1. The Bertz CT molecular complexity index is 439. The summed E-state index contributed by atoms with van der Waals surface area (Å²) in [7, 11) is 5.55. The van der Waals surface area contributed by atoms with Crippen molar-refractivity contribution < 1.29 is 14.3 Å². The molecule has 0 aliphatic rings. The van der Waals surface area contributed by atoms with Crippen LogP contribution in [-0.2, 0) is 9.53 Å². The minimum Gasteiger partial charge on any atom is -0.492 e. The summed E-state index contributed by atoms with van der Waals surface area (Å²) in [6.45, 7) is 5.20. The Morgan fingerprint density at radius 3 is 2.38 bits per heavy atom. The molecule has 0 aromatic heterocycles. The minimum absolute atomic E-state index is 0.145. The first-order chi connectivity index (χ1) is 9.91. The second kappa shape index (κ2) is 8.00. The standard InChI is InChI=1S/C16H26N2O3/c1-6-16(2,20-5)15(19)17-13-7-9-14(10-8-13)21-12-11-18(3)4/h7-10H,6,11-12H2,1-5H3,(H,17,19)/t16-/m0/s1. The van der Waals surface area contributed by atoms with Crippen LogP contribution in [0.25, 0.3) is 0 Å². The number of rotatable bonds is 8. The van der Waals surface area contributed by atoms with Gasteiger partial charge in [0.1, 0.15) is 18.0 Å². The molecule has 21 heavy (non-hydrogen) atoms. The third-order valence-electron chi connectivity index (χ3n) is 3.52. The first-order valence-corrected chi connectivity index (χ1v) is 7.15. The third kappa shape index (κ3) is 5.36. The maximum Gasteiger partial charge on any atom is 0.256 e. The summed E-state index contributed by atoms with van der Waals surface area (Å²) in [5.41, 5.74) is -0.0716. The zero-order valence-electron chi connectivity index (χ0n) is 13.6. The van der Waals surface area contributed by atoms with E-state index in [0.717, 1.165) is 18.0 Å². The molecule has 0 bridgehead atoms. The molecule has 1 aromatic rings. The Labute approximate surface area is 127 Å². The van der Waals surface area contributed by atoms with E-state index >= 15 is 0 Å². The van der Waals surface area contributed by atoms with Gasteiger partial charge in [0.25, 0.3) is 5.91 Å². The van der Waals surface area contributed by atoms with E-state index in [9.17, 15) is 4.79 Å². The smallest absolute Gasteiger partial charge is 0.256 e. The highest BCUT2D eigenvalue weighted by Gasteiger charge is 2.30. The zero-order chi connectivity index (χ0) is 15.9. The molecular formula is C16H26N2O3. The van der Waals surface area contributed by atoms with Crippen LogP contribution < -0.4 is 10.1 Å². The fraction of sp³-hybridized carbons (Fsp3) is 0.562. The second-order valence-electron chi connectivity index (χ2n) is 5.42. The van der Waals surface area contributed by atoms with Crippen LogP contribution in [0.3, 0.4) is 0 Å². The van der Waals surface area contributed by atoms with Gasteiger partial charge in [-0.05, 0) is 51.7 Å². The number of nitrogens with one attached hydrogen (secondary N) is 1. The summed E-state index contributed by atoms with van der Waals surface area (Å²) < 4.78 is 10.9. The number of amides is 1.